The number of hydrogen-bond acceptors (Lipinski definition) is 5. The fraction of sp³-hybridized carbons (Fsp3) is 0.200. The van der Waals surface area contributed by atoms with Crippen LogP contribution < -0.4 is 5.56 Å². The normalized spacial score (nSPS) is 11.7. The lowest BCUT2D eigenvalue weighted by atomic mass is 9.86. The van der Waals surface area contributed by atoms with Crippen LogP contribution in [0, 0.1) is 6.92 Å². The number of pyridine rings is 1. The molecule has 0 spiro atoms. The van der Waals surface area contributed by atoms with Crippen LogP contribution in [0.3, 0.4) is 0 Å². The summed E-state index contributed by atoms with van der Waals surface area (Å²) in [7, 11) is 0. The van der Waals surface area contributed by atoms with E-state index in [2.05, 4.69) is 87.5 Å². The summed E-state index contributed by atoms with van der Waals surface area (Å²) in [6, 6.07) is 19.4. The predicted octanol–water partition coefficient (Wildman–Crippen LogP) is 6.07. The minimum Gasteiger partial charge on any atom is -0.340 e. The fourth-order valence-electron chi connectivity index (χ4n) is 5.24. The van der Waals surface area contributed by atoms with Gasteiger partial charge in [0.05, 0.1) is 11.8 Å². The van der Waals surface area contributed by atoms with Crippen molar-refractivity contribution in [2.45, 2.75) is 39.5 Å². The van der Waals surface area contributed by atoms with E-state index >= 15 is 0 Å². The quantitative estimate of drug-likeness (QED) is 0.296. The van der Waals surface area contributed by atoms with E-state index in [-0.39, 0.29) is 5.56 Å². The van der Waals surface area contributed by atoms with E-state index in [4.69, 9.17) is 4.52 Å². The molecule has 37 heavy (non-hydrogen) atoms. The van der Waals surface area contributed by atoms with E-state index in [0.717, 1.165) is 28.5 Å². The summed E-state index contributed by atoms with van der Waals surface area (Å²) in [5, 5.41) is 6.39. The highest BCUT2D eigenvalue weighted by Crippen LogP contribution is 2.30. The lowest BCUT2D eigenvalue weighted by Gasteiger charge is -2.19. The van der Waals surface area contributed by atoms with Gasteiger partial charge in [-0.05, 0) is 51.4 Å². The Kier molecular flexibility index (Phi) is 5.68. The SMILES string of the molecule is Cc1nc(-c2ccc3ccc(Cc4cccc(Cc5c[nH]c(=O)c6[nH]cnc56)c4C(C)C)cc3c2)no1. The molecule has 0 fully saturated rings. The van der Waals surface area contributed by atoms with Gasteiger partial charge >= 0.3 is 0 Å². The first-order chi connectivity index (χ1) is 18.0. The van der Waals surface area contributed by atoms with Gasteiger partial charge < -0.3 is 14.5 Å². The van der Waals surface area contributed by atoms with Crippen molar-refractivity contribution in [3.8, 4) is 11.4 Å². The van der Waals surface area contributed by atoms with Gasteiger partial charge in [-0.1, -0.05) is 67.5 Å². The molecule has 184 valence electrons. The zero-order valence-corrected chi connectivity index (χ0v) is 21.0. The number of imidazole rings is 1. The van der Waals surface area contributed by atoms with Crippen molar-refractivity contribution < 1.29 is 4.52 Å². The van der Waals surface area contributed by atoms with Crippen molar-refractivity contribution in [3.63, 3.8) is 0 Å². The average Bonchev–Trinajstić information content (AvgIpc) is 3.55. The Morgan fingerprint density at radius 3 is 2.51 bits per heavy atom. The number of nitrogens with one attached hydrogen (secondary N) is 2. The van der Waals surface area contributed by atoms with Crippen LogP contribution >= 0.6 is 0 Å². The van der Waals surface area contributed by atoms with Crippen LogP contribution in [0.25, 0.3) is 33.2 Å². The zero-order chi connectivity index (χ0) is 25.5. The number of aromatic nitrogens is 5. The van der Waals surface area contributed by atoms with Crippen molar-refractivity contribution in [1.82, 2.24) is 25.1 Å². The molecule has 3 aromatic carbocycles. The van der Waals surface area contributed by atoms with Crippen molar-refractivity contribution in [3.05, 3.63) is 111 Å². The molecule has 0 amide bonds. The lowest BCUT2D eigenvalue weighted by Crippen LogP contribution is -2.09. The Labute approximate surface area is 213 Å². The van der Waals surface area contributed by atoms with E-state index < -0.39 is 0 Å². The van der Waals surface area contributed by atoms with Crippen LogP contribution in [0.1, 0.15) is 53.5 Å². The molecule has 3 aromatic heterocycles. The topological polar surface area (TPSA) is 100 Å². The zero-order valence-electron chi connectivity index (χ0n) is 21.0. The second-order valence-electron chi connectivity index (χ2n) is 9.80. The summed E-state index contributed by atoms with van der Waals surface area (Å²) >= 11 is 0. The van der Waals surface area contributed by atoms with E-state index in [1.165, 1.54) is 27.6 Å². The minimum absolute atomic E-state index is 0.150. The van der Waals surface area contributed by atoms with E-state index in [9.17, 15) is 4.79 Å². The van der Waals surface area contributed by atoms with Crippen molar-refractivity contribution in [2.24, 2.45) is 0 Å². The summed E-state index contributed by atoms with van der Waals surface area (Å²) in [5.74, 6) is 1.50. The first-order valence-corrected chi connectivity index (χ1v) is 12.4. The van der Waals surface area contributed by atoms with Gasteiger partial charge in [-0.2, -0.15) is 4.98 Å². The number of rotatable bonds is 6. The summed E-state index contributed by atoms with van der Waals surface area (Å²) in [4.78, 5) is 26.7. The summed E-state index contributed by atoms with van der Waals surface area (Å²) in [5.41, 5.74) is 8.18. The monoisotopic (exact) mass is 489 g/mol. The molecule has 6 aromatic rings. The van der Waals surface area contributed by atoms with Gasteiger partial charge in [0.25, 0.3) is 5.56 Å². The number of hydrogen-bond donors (Lipinski definition) is 2. The van der Waals surface area contributed by atoms with Crippen molar-refractivity contribution >= 4 is 21.8 Å². The number of fused-ring (bicyclic) bond motifs is 2. The number of aromatic amines is 2. The highest BCUT2D eigenvalue weighted by atomic mass is 16.5. The first-order valence-electron chi connectivity index (χ1n) is 12.4. The Morgan fingerprint density at radius 1 is 0.919 bits per heavy atom. The molecule has 6 rings (SSSR count). The molecule has 7 heteroatoms. The fourth-order valence-corrected chi connectivity index (χ4v) is 5.24. The van der Waals surface area contributed by atoms with Gasteiger partial charge in [-0.25, -0.2) is 4.98 Å². The predicted molar refractivity (Wildman–Crippen MR) is 145 cm³/mol. The highest BCUT2D eigenvalue weighted by Gasteiger charge is 2.16. The molecule has 0 saturated heterocycles. The number of aryl methyl sites for hydroxylation is 1. The highest BCUT2D eigenvalue weighted by molar-refractivity contribution is 5.87. The van der Waals surface area contributed by atoms with Gasteiger partial charge in [0, 0.05) is 30.7 Å². The molecule has 0 bridgehead atoms. The van der Waals surface area contributed by atoms with Gasteiger partial charge in [-0.3, -0.25) is 4.79 Å². The van der Waals surface area contributed by atoms with E-state index in [1.54, 1.807) is 19.4 Å². The van der Waals surface area contributed by atoms with Crippen LogP contribution in [0.5, 0.6) is 0 Å². The molecule has 0 atom stereocenters. The Balaban J connectivity index is 1.36. The molecule has 2 N–H and O–H groups in total. The number of H-pyrrole nitrogens is 2. The number of nitrogens with zero attached hydrogens (tertiary/aromatic N) is 3. The largest absolute Gasteiger partial charge is 0.340 e. The number of benzene rings is 3. The molecule has 0 aliphatic heterocycles. The average molecular weight is 490 g/mol. The Hall–Kier alpha value is -4.52. The molecular weight excluding hydrogens is 462 g/mol. The van der Waals surface area contributed by atoms with Crippen LogP contribution in [0.15, 0.2) is 76.4 Å². The third-order valence-electron chi connectivity index (χ3n) is 6.88. The molecule has 3 heterocycles. The van der Waals surface area contributed by atoms with Crippen molar-refractivity contribution in [2.75, 3.05) is 0 Å². The molecule has 0 radical (unpaired) electrons. The second kappa shape index (κ2) is 9.17. The maximum Gasteiger partial charge on any atom is 0.273 e. The van der Waals surface area contributed by atoms with Crippen LogP contribution in [-0.4, -0.2) is 25.1 Å². The standard InChI is InChI=1S/C30H27N5O2/c1-17(2)26-21(5-4-6-22(26)13-25-15-31-30(36)28-27(25)32-16-33-28)11-19-7-8-20-9-10-23(14-24(20)12-19)29-34-18(3)37-35-29/h4-10,12,14-17H,11,13H2,1-3H3,(H,31,36)(H,32,33). The van der Waals surface area contributed by atoms with Gasteiger partial charge in [0.15, 0.2) is 0 Å². The third-order valence-corrected chi connectivity index (χ3v) is 6.88. The second-order valence-corrected chi connectivity index (χ2v) is 9.80. The van der Waals surface area contributed by atoms with Crippen LogP contribution in [0.2, 0.25) is 0 Å². The molecule has 7 nitrogen and oxygen atoms in total. The van der Waals surface area contributed by atoms with E-state index in [1.807, 2.05) is 6.07 Å². The lowest BCUT2D eigenvalue weighted by molar-refractivity contribution is 0.394. The smallest absolute Gasteiger partial charge is 0.273 e. The molecule has 0 aliphatic carbocycles. The summed E-state index contributed by atoms with van der Waals surface area (Å²) in [6.07, 6.45) is 4.89. The summed E-state index contributed by atoms with van der Waals surface area (Å²) < 4.78 is 5.16. The maximum atomic E-state index is 12.1. The van der Waals surface area contributed by atoms with Crippen LogP contribution in [-0.2, 0) is 12.8 Å². The maximum absolute atomic E-state index is 12.1. The Bertz CT molecular complexity index is 1810. The van der Waals surface area contributed by atoms with Gasteiger partial charge in [-0.15, -0.1) is 0 Å². The van der Waals surface area contributed by atoms with Crippen molar-refractivity contribution in [1.29, 1.82) is 0 Å². The first kappa shape index (κ1) is 22.9. The van der Waals surface area contributed by atoms with Gasteiger partial charge in [0.1, 0.15) is 5.52 Å². The van der Waals surface area contributed by atoms with Crippen LogP contribution in [0.4, 0.5) is 0 Å². The summed E-state index contributed by atoms with van der Waals surface area (Å²) in [6.45, 7) is 6.27. The van der Waals surface area contributed by atoms with E-state index in [0.29, 0.717) is 29.6 Å². The third kappa shape index (κ3) is 4.33. The molecule has 0 unspecified atom stereocenters. The minimum atomic E-state index is -0.150. The Morgan fingerprint density at radius 2 is 1.73 bits per heavy atom. The molecular formula is C30H27N5O2. The molecule has 0 saturated carbocycles. The van der Waals surface area contributed by atoms with Gasteiger partial charge in [0.2, 0.25) is 11.7 Å². The molecule has 0 aliphatic rings.